The molecule has 2 aromatic rings. The van der Waals surface area contributed by atoms with Gasteiger partial charge in [0, 0.05) is 19.5 Å². The van der Waals surface area contributed by atoms with Gasteiger partial charge in [-0.3, -0.25) is 14.6 Å². The number of ether oxygens (including phenoxy) is 1. The molecule has 1 aromatic carbocycles. The molecule has 0 radical (unpaired) electrons. The molecule has 0 fully saturated rings. The molecule has 0 aliphatic rings. The molecule has 1 aromatic heterocycles. The highest BCUT2D eigenvalue weighted by molar-refractivity contribution is 6.07. The van der Waals surface area contributed by atoms with Crippen molar-refractivity contribution >= 4 is 23.2 Å². The fourth-order valence-electron chi connectivity index (χ4n) is 1.80. The summed E-state index contributed by atoms with van der Waals surface area (Å²) in [6, 6.07) is 10.4. The van der Waals surface area contributed by atoms with E-state index >= 15 is 0 Å². The molecule has 0 saturated carbocycles. The SMILES string of the molecule is COCCC(=O)Nc1ccccc1NC(=O)c1cccnc1. The number of nitrogens with one attached hydrogen (secondary N) is 2. The summed E-state index contributed by atoms with van der Waals surface area (Å²) >= 11 is 0. The van der Waals surface area contributed by atoms with Crippen LogP contribution in [0.5, 0.6) is 0 Å². The van der Waals surface area contributed by atoms with Crippen molar-refractivity contribution in [2.75, 3.05) is 24.4 Å². The summed E-state index contributed by atoms with van der Waals surface area (Å²) in [5, 5.41) is 5.52. The molecule has 6 heteroatoms. The summed E-state index contributed by atoms with van der Waals surface area (Å²) in [4.78, 5) is 27.8. The number of benzene rings is 1. The summed E-state index contributed by atoms with van der Waals surface area (Å²) in [5.74, 6) is -0.461. The molecule has 0 unspecified atom stereocenters. The Balaban J connectivity index is 2.08. The predicted molar refractivity (Wildman–Crippen MR) is 83.8 cm³/mol. The van der Waals surface area contributed by atoms with E-state index in [0.717, 1.165) is 0 Å². The van der Waals surface area contributed by atoms with E-state index in [-0.39, 0.29) is 18.2 Å². The molecule has 2 N–H and O–H groups in total. The van der Waals surface area contributed by atoms with Crippen LogP contribution in [0.1, 0.15) is 16.8 Å². The zero-order chi connectivity index (χ0) is 15.8. The molecule has 1 heterocycles. The van der Waals surface area contributed by atoms with Crippen LogP contribution in [0.2, 0.25) is 0 Å². The van der Waals surface area contributed by atoms with E-state index < -0.39 is 0 Å². The zero-order valence-corrected chi connectivity index (χ0v) is 12.2. The van der Waals surface area contributed by atoms with E-state index in [1.165, 1.54) is 13.3 Å². The van der Waals surface area contributed by atoms with Gasteiger partial charge in [0.1, 0.15) is 0 Å². The van der Waals surface area contributed by atoms with Crippen LogP contribution in [0, 0.1) is 0 Å². The van der Waals surface area contributed by atoms with Gasteiger partial charge in [-0.25, -0.2) is 0 Å². The van der Waals surface area contributed by atoms with E-state index in [1.807, 2.05) is 0 Å². The molecule has 0 atom stereocenters. The van der Waals surface area contributed by atoms with Crippen molar-refractivity contribution < 1.29 is 14.3 Å². The summed E-state index contributed by atoms with van der Waals surface area (Å²) in [5.41, 5.74) is 1.52. The largest absolute Gasteiger partial charge is 0.384 e. The van der Waals surface area contributed by atoms with Gasteiger partial charge in [0.15, 0.2) is 0 Å². The van der Waals surface area contributed by atoms with Gasteiger partial charge in [-0.05, 0) is 24.3 Å². The molecule has 0 spiro atoms. The minimum atomic E-state index is -0.285. The van der Waals surface area contributed by atoms with Gasteiger partial charge in [0.05, 0.1) is 30.0 Å². The van der Waals surface area contributed by atoms with Crippen molar-refractivity contribution in [2.24, 2.45) is 0 Å². The fraction of sp³-hybridized carbons (Fsp3) is 0.188. The second kappa shape index (κ2) is 7.90. The van der Waals surface area contributed by atoms with E-state index in [1.54, 1.807) is 42.6 Å². The number of nitrogens with zero attached hydrogens (tertiary/aromatic N) is 1. The van der Waals surface area contributed by atoms with Gasteiger partial charge in [-0.2, -0.15) is 0 Å². The first kappa shape index (κ1) is 15.7. The van der Waals surface area contributed by atoms with E-state index in [0.29, 0.717) is 23.5 Å². The predicted octanol–water partition coefficient (Wildman–Crippen LogP) is 2.31. The number of anilines is 2. The lowest BCUT2D eigenvalue weighted by Crippen LogP contribution is -2.17. The first-order chi connectivity index (χ1) is 10.7. The van der Waals surface area contributed by atoms with Crippen molar-refractivity contribution in [2.45, 2.75) is 6.42 Å². The Labute approximate surface area is 128 Å². The smallest absolute Gasteiger partial charge is 0.257 e. The Kier molecular flexibility index (Phi) is 5.62. The lowest BCUT2D eigenvalue weighted by molar-refractivity contribution is -0.117. The zero-order valence-electron chi connectivity index (χ0n) is 12.2. The number of aromatic nitrogens is 1. The number of carbonyl (C=O) groups excluding carboxylic acids is 2. The maximum Gasteiger partial charge on any atom is 0.257 e. The highest BCUT2D eigenvalue weighted by Crippen LogP contribution is 2.21. The van der Waals surface area contributed by atoms with Gasteiger partial charge in [0.25, 0.3) is 5.91 Å². The second-order valence-corrected chi connectivity index (χ2v) is 4.53. The molecule has 0 bridgehead atoms. The Bertz CT molecular complexity index is 644. The number of carbonyl (C=O) groups is 2. The minimum Gasteiger partial charge on any atom is -0.384 e. The topological polar surface area (TPSA) is 80.3 Å². The third kappa shape index (κ3) is 4.39. The molecular weight excluding hydrogens is 282 g/mol. The number of methoxy groups -OCH3 is 1. The van der Waals surface area contributed by atoms with Crippen LogP contribution in [0.3, 0.4) is 0 Å². The number of para-hydroxylation sites is 2. The number of pyridine rings is 1. The standard InChI is InChI=1S/C16H17N3O3/c1-22-10-8-15(20)18-13-6-2-3-7-14(13)19-16(21)12-5-4-9-17-11-12/h2-7,9,11H,8,10H2,1H3,(H,18,20)(H,19,21). The molecule has 0 aliphatic heterocycles. The van der Waals surface area contributed by atoms with Crippen LogP contribution in [-0.4, -0.2) is 30.5 Å². The van der Waals surface area contributed by atoms with Gasteiger partial charge >= 0.3 is 0 Å². The highest BCUT2D eigenvalue weighted by atomic mass is 16.5. The van der Waals surface area contributed by atoms with Gasteiger partial charge in [-0.15, -0.1) is 0 Å². The molecule has 6 nitrogen and oxygen atoms in total. The molecule has 2 amide bonds. The average molecular weight is 299 g/mol. The fourth-order valence-corrected chi connectivity index (χ4v) is 1.80. The maximum absolute atomic E-state index is 12.1. The van der Waals surface area contributed by atoms with Crippen LogP contribution in [0.4, 0.5) is 11.4 Å². The number of hydrogen-bond donors (Lipinski definition) is 2. The second-order valence-electron chi connectivity index (χ2n) is 4.53. The highest BCUT2D eigenvalue weighted by Gasteiger charge is 2.10. The van der Waals surface area contributed by atoms with Crippen LogP contribution < -0.4 is 10.6 Å². The van der Waals surface area contributed by atoms with E-state index in [2.05, 4.69) is 15.6 Å². The van der Waals surface area contributed by atoms with Crippen molar-refractivity contribution in [3.63, 3.8) is 0 Å². The normalized spacial score (nSPS) is 10.0. The monoisotopic (exact) mass is 299 g/mol. The van der Waals surface area contributed by atoms with Gasteiger partial charge in [-0.1, -0.05) is 12.1 Å². The molecule has 0 saturated heterocycles. The lowest BCUT2D eigenvalue weighted by Gasteiger charge is -2.12. The summed E-state index contributed by atoms with van der Waals surface area (Å²) in [6.07, 6.45) is 3.33. The molecular formula is C16H17N3O3. The Morgan fingerprint density at radius 3 is 2.45 bits per heavy atom. The summed E-state index contributed by atoms with van der Waals surface area (Å²) in [6.45, 7) is 0.343. The van der Waals surface area contributed by atoms with Gasteiger partial charge in [0.2, 0.25) is 5.91 Å². The number of hydrogen-bond acceptors (Lipinski definition) is 4. The van der Waals surface area contributed by atoms with Crippen LogP contribution in [-0.2, 0) is 9.53 Å². The Morgan fingerprint density at radius 2 is 1.82 bits per heavy atom. The molecule has 114 valence electrons. The van der Waals surface area contributed by atoms with E-state index in [9.17, 15) is 9.59 Å². The average Bonchev–Trinajstić information content (AvgIpc) is 2.55. The third-order valence-corrected chi connectivity index (χ3v) is 2.91. The number of amides is 2. The first-order valence-electron chi connectivity index (χ1n) is 6.80. The minimum absolute atomic E-state index is 0.176. The van der Waals surface area contributed by atoms with Crippen molar-refractivity contribution in [1.82, 2.24) is 4.98 Å². The van der Waals surface area contributed by atoms with E-state index in [4.69, 9.17) is 4.74 Å². The lowest BCUT2D eigenvalue weighted by atomic mass is 10.2. The summed E-state index contributed by atoms with van der Waals surface area (Å²) in [7, 11) is 1.54. The summed E-state index contributed by atoms with van der Waals surface area (Å²) < 4.78 is 4.87. The van der Waals surface area contributed by atoms with Crippen molar-refractivity contribution in [3.05, 3.63) is 54.4 Å². The van der Waals surface area contributed by atoms with Gasteiger partial charge < -0.3 is 15.4 Å². The quantitative estimate of drug-likeness (QED) is 0.857. The molecule has 22 heavy (non-hydrogen) atoms. The third-order valence-electron chi connectivity index (χ3n) is 2.91. The molecule has 0 aliphatic carbocycles. The Morgan fingerprint density at radius 1 is 1.09 bits per heavy atom. The number of rotatable bonds is 6. The molecule has 2 rings (SSSR count). The van der Waals surface area contributed by atoms with Crippen molar-refractivity contribution in [1.29, 1.82) is 0 Å². The Hall–Kier alpha value is -2.73. The van der Waals surface area contributed by atoms with Crippen molar-refractivity contribution in [3.8, 4) is 0 Å². The first-order valence-corrected chi connectivity index (χ1v) is 6.80. The maximum atomic E-state index is 12.1. The van der Waals surface area contributed by atoms with Crippen LogP contribution in [0.15, 0.2) is 48.8 Å². The van der Waals surface area contributed by atoms with Crippen LogP contribution >= 0.6 is 0 Å². The van der Waals surface area contributed by atoms with Crippen LogP contribution in [0.25, 0.3) is 0 Å².